The van der Waals surface area contributed by atoms with Gasteiger partial charge in [0.05, 0.1) is 0 Å². The van der Waals surface area contributed by atoms with Crippen LogP contribution in [0.25, 0.3) is 0 Å². The minimum Gasteiger partial charge on any atom is -0.444 e. The van der Waals surface area contributed by atoms with Crippen LogP contribution in [-0.4, -0.2) is 60.0 Å². The van der Waals surface area contributed by atoms with Crippen LogP contribution in [0.15, 0.2) is 0 Å². The number of alkyl halides is 1. The lowest BCUT2D eigenvalue weighted by atomic mass is 10.1. The Labute approximate surface area is 119 Å². The van der Waals surface area contributed by atoms with Crippen molar-refractivity contribution in [3.63, 3.8) is 0 Å². The number of likely N-dealkylation sites (tertiary alicyclic amines) is 1. The topological polar surface area (TPSA) is 49.9 Å². The Hall–Kier alpha value is -0.970. The molecule has 1 unspecified atom stereocenters. The molecule has 0 aromatic heterocycles. The van der Waals surface area contributed by atoms with Crippen molar-refractivity contribution in [2.75, 3.05) is 32.6 Å². The van der Waals surface area contributed by atoms with Crippen molar-refractivity contribution in [2.45, 2.75) is 32.8 Å². The van der Waals surface area contributed by atoms with Crippen molar-refractivity contribution < 1.29 is 14.3 Å². The molecular formula is C13H23ClN2O3. The molecule has 0 aromatic carbocycles. The van der Waals surface area contributed by atoms with Crippen LogP contribution in [-0.2, 0) is 9.53 Å². The number of amides is 2. The molecule has 1 aliphatic rings. The number of hydrogen-bond acceptors (Lipinski definition) is 3. The standard InChI is InChI=1S/C13H23ClN2O3/c1-13(2,3)19-12(18)15(4)8-10-5-6-16(9-10)11(17)7-14/h10H,5-9H2,1-4H3. The number of hydrogen-bond donors (Lipinski definition) is 0. The highest BCUT2D eigenvalue weighted by Crippen LogP contribution is 2.18. The maximum Gasteiger partial charge on any atom is 0.410 e. The molecule has 1 fully saturated rings. The molecule has 5 nitrogen and oxygen atoms in total. The lowest BCUT2D eigenvalue weighted by Gasteiger charge is -2.26. The van der Waals surface area contributed by atoms with Crippen LogP contribution in [0.1, 0.15) is 27.2 Å². The summed E-state index contributed by atoms with van der Waals surface area (Å²) >= 11 is 5.53. The summed E-state index contributed by atoms with van der Waals surface area (Å²) in [5.74, 6) is 0.281. The maximum absolute atomic E-state index is 11.8. The van der Waals surface area contributed by atoms with Crippen LogP contribution in [0, 0.1) is 5.92 Å². The summed E-state index contributed by atoms with van der Waals surface area (Å²) in [6.45, 7) is 7.51. The van der Waals surface area contributed by atoms with Crippen molar-refractivity contribution >= 4 is 23.6 Å². The third-order valence-corrected chi connectivity index (χ3v) is 3.22. The van der Waals surface area contributed by atoms with Crippen LogP contribution in [0.5, 0.6) is 0 Å². The van der Waals surface area contributed by atoms with Crippen LogP contribution in [0.2, 0.25) is 0 Å². The molecule has 1 saturated heterocycles. The predicted octanol–water partition coefficient (Wildman–Crippen LogP) is 1.94. The highest BCUT2D eigenvalue weighted by atomic mass is 35.5. The lowest BCUT2D eigenvalue weighted by molar-refractivity contribution is -0.127. The minimum atomic E-state index is -0.484. The summed E-state index contributed by atoms with van der Waals surface area (Å²) in [4.78, 5) is 26.6. The number of rotatable bonds is 3. The van der Waals surface area contributed by atoms with Gasteiger partial charge < -0.3 is 14.5 Å². The zero-order valence-corrected chi connectivity index (χ0v) is 12.9. The van der Waals surface area contributed by atoms with Gasteiger partial charge in [0.25, 0.3) is 0 Å². The fraction of sp³-hybridized carbons (Fsp3) is 0.846. The van der Waals surface area contributed by atoms with Gasteiger partial charge in [-0.1, -0.05) is 0 Å². The molecule has 19 heavy (non-hydrogen) atoms. The van der Waals surface area contributed by atoms with Gasteiger partial charge in [0.1, 0.15) is 11.5 Å². The van der Waals surface area contributed by atoms with E-state index in [9.17, 15) is 9.59 Å². The monoisotopic (exact) mass is 290 g/mol. The molecule has 0 radical (unpaired) electrons. The third-order valence-electron chi connectivity index (χ3n) is 2.99. The second-order valence-corrected chi connectivity index (χ2v) is 6.26. The van der Waals surface area contributed by atoms with Gasteiger partial charge in [-0.2, -0.15) is 0 Å². The average Bonchev–Trinajstić information content (AvgIpc) is 2.74. The number of carbonyl (C=O) groups excluding carboxylic acids is 2. The Balaban J connectivity index is 2.40. The van der Waals surface area contributed by atoms with Gasteiger partial charge in [-0.05, 0) is 33.1 Å². The largest absolute Gasteiger partial charge is 0.444 e. The number of halogens is 1. The van der Waals surface area contributed by atoms with Gasteiger partial charge in [0.15, 0.2) is 0 Å². The van der Waals surface area contributed by atoms with E-state index in [-0.39, 0.29) is 17.9 Å². The van der Waals surface area contributed by atoms with E-state index in [1.54, 1.807) is 16.8 Å². The third kappa shape index (κ3) is 5.27. The number of carbonyl (C=O) groups is 2. The van der Waals surface area contributed by atoms with E-state index < -0.39 is 5.60 Å². The SMILES string of the molecule is CN(CC1CCN(C(=O)CCl)C1)C(=O)OC(C)(C)C. The molecule has 1 atom stereocenters. The molecule has 1 rings (SSSR count). The summed E-state index contributed by atoms with van der Waals surface area (Å²) in [5, 5.41) is 0. The summed E-state index contributed by atoms with van der Waals surface area (Å²) in [6, 6.07) is 0. The van der Waals surface area contributed by atoms with E-state index in [0.29, 0.717) is 19.0 Å². The molecule has 0 aromatic rings. The molecule has 0 spiro atoms. The van der Waals surface area contributed by atoms with Crippen molar-refractivity contribution in [3.8, 4) is 0 Å². The van der Waals surface area contributed by atoms with E-state index >= 15 is 0 Å². The minimum absolute atomic E-state index is 0.0224. The zero-order valence-electron chi connectivity index (χ0n) is 12.1. The van der Waals surface area contributed by atoms with Crippen molar-refractivity contribution in [2.24, 2.45) is 5.92 Å². The molecule has 110 valence electrons. The van der Waals surface area contributed by atoms with Gasteiger partial charge in [-0.25, -0.2) is 4.79 Å². The number of nitrogens with zero attached hydrogens (tertiary/aromatic N) is 2. The van der Waals surface area contributed by atoms with Crippen LogP contribution in [0.3, 0.4) is 0 Å². The van der Waals surface area contributed by atoms with Gasteiger partial charge in [-0.15, -0.1) is 11.6 Å². The van der Waals surface area contributed by atoms with E-state index in [1.807, 2.05) is 20.8 Å². The van der Waals surface area contributed by atoms with Crippen LogP contribution in [0.4, 0.5) is 4.79 Å². The normalized spacial score (nSPS) is 19.4. The van der Waals surface area contributed by atoms with Gasteiger partial charge >= 0.3 is 6.09 Å². The molecular weight excluding hydrogens is 268 g/mol. The molecule has 6 heteroatoms. The van der Waals surface area contributed by atoms with E-state index in [1.165, 1.54) is 0 Å². The Morgan fingerprint density at radius 1 is 1.42 bits per heavy atom. The summed E-state index contributed by atoms with van der Waals surface area (Å²) in [7, 11) is 1.72. The second kappa shape index (κ2) is 6.46. The Kier molecular flexibility index (Phi) is 5.47. The smallest absolute Gasteiger partial charge is 0.410 e. The van der Waals surface area contributed by atoms with Crippen molar-refractivity contribution in [1.82, 2.24) is 9.80 Å². The highest BCUT2D eigenvalue weighted by Gasteiger charge is 2.28. The molecule has 0 aliphatic carbocycles. The predicted molar refractivity (Wildman–Crippen MR) is 74.3 cm³/mol. The van der Waals surface area contributed by atoms with Crippen molar-refractivity contribution in [1.29, 1.82) is 0 Å². The molecule has 1 heterocycles. The van der Waals surface area contributed by atoms with Crippen LogP contribution < -0.4 is 0 Å². The first-order chi connectivity index (χ1) is 8.73. The second-order valence-electron chi connectivity index (χ2n) is 5.99. The van der Waals surface area contributed by atoms with E-state index in [0.717, 1.165) is 13.0 Å². The fourth-order valence-electron chi connectivity index (χ4n) is 2.09. The fourth-order valence-corrected chi connectivity index (χ4v) is 2.26. The molecule has 0 saturated carbocycles. The highest BCUT2D eigenvalue weighted by molar-refractivity contribution is 6.27. The first-order valence-corrected chi connectivity index (χ1v) is 7.04. The van der Waals surface area contributed by atoms with Gasteiger partial charge in [0.2, 0.25) is 5.91 Å². The lowest BCUT2D eigenvalue weighted by Crippen LogP contribution is -2.38. The molecule has 2 amide bonds. The molecule has 0 bridgehead atoms. The molecule has 1 aliphatic heterocycles. The first-order valence-electron chi connectivity index (χ1n) is 6.51. The zero-order chi connectivity index (χ0) is 14.6. The summed E-state index contributed by atoms with van der Waals surface area (Å²) in [6.07, 6.45) is 0.574. The quantitative estimate of drug-likeness (QED) is 0.747. The van der Waals surface area contributed by atoms with Gasteiger partial charge in [0, 0.05) is 26.7 Å². The number of ether oxygens (including phenoxy) is 1. The van der Waals surface area contributed by atoms with E-state index in [4.69, 9.17) is 16.3 Å². The molecule has 0 N–H and O–H groups in total. The summed E-state index contributed by atoms with van der Waals surface area (Å²) < 4.78 is 5.29. The maximum atomic E-state index is 11.8. The Morgan fingerprint density at radius 2 is 2.05 bits per heavy atom. The van der Waals surface area contributed by atoms with Crippen LogP contribution >= 0.6 is 11.6 Å². The summed E-state index contributed by atoms with van der Waals surface area (Å²) in [5.41, 5.74) is -0.484. The van der Waals surface area contributed by atoms with Gasteiger partial charge in [-0.3, -0.25) is 4.79 Å². The Bertz CT molecular complexity index is 341. The average molecular weight is 291 g/mol. The van der Waals surface area contributed by atoms with E-state index in [2.05, 4.69) is 0 Å². The first kappa shape index (κ1) is 16.1. The van der Waals surface area contributed by atoms with Crippen molar-refractivity contribution in [3.05, 3.63) is 0 Å². The Morgan fingerprint density at radius 3 is 2.58 bits per heavy atom.